The van der Waals surface area contributed by atoms with Gasteiger partial charge in [-0.15, -0.1) is 11.6 Å². The Labute approximate surface area is 87.6 Å². The van der Waals surface area contributed by atoms with Crippen molar-refractivity contribution in [3.05, 3.63) is 0 Å². The lowest BCUT2D eigenvalue weighted by atomic mass is 9.81. The third-order valence-corrected chi connectivity index (χ3v) is 2.86. The molecular formula is C9H14ClNO3. The largest absolute Gasteiger partial charge is 0.480 e. The van der Waals surface area contributed by atoms with Gasteiger partial charge in [0.25, 0.3) is 0 Å². The summed E-state index contributed by atoms with van der Waals surface area (Å²) in [6.45, 7) is 0. The van der Waals surface area contributed by atoms with Crippen molar-refractivity contribution in [2.75, 3.05) is 5.88 Å². The number of alkyl halides is 1. The SMILES string of the molecule is O=C(CCl)NC1(C(=O)O)CCCCC1. The zero-order chi connectivity index (χ0) is 10.6. The Morgan fingerprint density at radius 1 is 1.29 bits per heavy atom. The molecule has 80 valence electrons. The molecule has 2 N–H and O–H groups in total. The number of nitrogens with one attached hydrogen (secondary N) is 1. The van der Waals surface area contributed by atoms with Gasteiger partial charge in [-0.3, -0.25) is 4.79 Å². The third kappa shape index (κ3) is 2.38. The summed E-state index contributed by atoms with van der Waals surface area (Å²) in [5.41, 5.74) is -1.07. The average Bonchev–Trinajstić information content (AvgIpc) is 2.19. The van der Waals surface area contributed by atoms with Crippen LogP contribution in [0.2, 0.25) is 0 Å². The van der Waals surface area contributed by atoms with Gasteiger partial charge in [0, 0.05) is 0 Å². The second kappa shape index (κ2) is 4.64. The van der Waals surface area contributed by atoms with Crippen molar-refractivity contribution < 1.29 is 14.7 Å². The van der Waals surface area contributed by atoms with Crippen LogP contribution in [0.4, 0.5) is 0 Å². The smallest absolute Gasteiger partial charge is 0.329 e. The number of rotatable bonds is 3. The van der Waals surface area contributed by atoms with Crippen molar-refractivity contribution in [3.8, 4) is 0 Å². The van der Waals surface area contributed by atoms with E-state index < -0.39 is 17.4 Å². The van der Waals surface area contributed by atoms with Crippen molar-refractivity contribution in [3.63, 3.8) is 0 Å². The van der Waals surface area contributed by atoms with Gasteiger partial charge in [0.1, 0.15) is 11.4 Å². The number of hydrogen-bond acceptors (Lipinski definition) is 2. The Morgan fingerprint density at radius 3 is 2.29 bits per heavy atom. The second-order valence-electron chi connectivity index (χ2n) is 3.63. The monoisotopic (exact) mass is 219 g/mol. The van der Waals surface area contributed by atoms with Crippen LogP contribution in [0.3, 0.4) is 0 Å². The number of hydrogen-bond donors (Lipinski definition) is 2. The zero-order valence-electron chi connectivity index (χ0n) is 7.88. The second-order valence-corrected chi connectivity index (χ2v) is 3.90. The molecule has 4 nitrogen and oxygen atoms in total. The Morgan fingerprint density at radius 2 is 1.86 bits per heavy atom. The standard InChI is InChI=1S/C9H14ClNO3/c10-6-7(12)11-9(8(13)14)4-2-1-3-5-9/h1-6H2,(H,11,12)(H,13,14). The molecule has 1 aliphatic carbocycles. The van der Waals surface area contributed by atoms with Crippen LogP contribution < -0.4 is 5.32 Å². The van der Waals surface area contributed by atoms with Gasteiger partial charge in [-0.1, -0.05) is 19.3 Å². The van der Waals surface area contributed by atoms with E-state index in [4.69, 9.17) is 16.7 Å². The first-order chi connectivity index (χ1) is 6.60. The summed E-state index contributed by atoms with van der Waals surface area (Å²) in [7, 11) is 0. The number of carboxylic acids is 1. The molecule has 1 amide bonds. The fraction of sp³-hybridized carbons (Fsp3) is 0.778. The molecule has 0 aliphatic heterocycles. The van der Waals surface area contributed by atoms with E-state index in [-0.39, 0.29) is 5.88 Å². The van der Waals surface area contributed by atoms with Crippen LogP contribution in [-0.2, 0) is 9.59 Å². The van der Waals surface area contributed by atoms with Gasteiger partial charge in [-0.05, 0) is 12.8 Å². The van der Waals surface area contributed by atoms with Crippen molar-refractivity contribution in [1.29, 1.82) is 0 Å². The minimum Gasteiger partial charge on any atom is -0.480 e. The minimum atomic E-state index is -1.07. The molecule has 0 radical (unpaired) electrons. The predicted octanol–water partition coefficient (Wildman–Crippen LogP) is 1.13. The summed E-state index contributed by atoms with van der Waals surface area (Å²) in [4.78, 5) is 22.2. The molecule has 5 heteroatoms. The molecular weight excluding hydrogens is 206 g/mol. The van der Waals surface area contributed by atoms with Gasteiger partial charge < -0.3 is 10.4 Å². The van der Waals surface area contributed by atoms with Gasteiger partial charge in [0.15, 0.2) is 0 Å². The highest BCUT2D eigenvalue weighted by Gasteiger charge is 2.40. The van der Waals surface area contributed by atoms with Crippen molar-refractivity contribution >= 4 is 23.5 Å². The number of halogens is 1. The molecule has 0 aromatic heterocycles. The van der Waals surface area contributed by atoms with E-state index in [0.29, 0.717) is 12.8 Å². The molecule has 0 aromatic carbocycles. The van der Waals surface area contributed by atoms with Crippen LogP contribution in [-0.4, -0.2) is 28.4 Å². The van der Waals surface area contributed by atoms with Crippen molar-refractivity contribution in [2.45, 2.75) is 37.6 Å². The lowest BCUT2D eigenvalue weighted by molar-refractivity contribution is -0.148. The van der Waals surface area contributed by atoms with Gasteiger partial charge in [-0.2, -0.15) is 0 Å². The maximum absolute atomic E-state index is 11.1. The molecule has 0 saturated heterocycles. The molecule has 0 atom stereocenters. The molecule has 0 spiro atoms. The molecule has 14 heavy (non-hydrogen) atoms. The van der Waals surface area contributed by atoms with E-state index in [2.05, 4.69) is 5.32 Å². The van der Waals surface area contributed by atoms with Crippen LogP contribution in [0.25, 0.3) is 0 Å². The molecule has 0 bridgehead atoms. The summed E-state index contributed by atoms with van der Waals surface area (Å²) in [6, 6.07) is 0. The summed E-state index contributed by atoms with van der Waals surface area (Å²) in [5, 5.41) is 11.6. The number of carbonyl (C=O) groups is 2. The van der Waals surface area contributed by atoms with Crippen molar-refractivity contribution in [2.24, 2.45) is 0 Å². The van der Waals surface area contributed by atoms with Crippen LogP contribution >= 0.6 is 11.6 Å². The molecule has 0 unspecified atom stereocenters. The number of carboxylic acid groups (broad SMARTS) is 1. The normalized spacial score (nSPS) is 20.1. The molecule has 1 aliphatic rings. The molecule has 1 fully saturated rings. The number of carbonyl (C=O) groups excluding carboxylic acids is 1. The van der Waals surface area contributed by atoms with Crippen LogP contribution in [0, 0.1) is 0 Å². The van der Waals surface area contributed by atoms with Gasteiger partial charge in [0.2, 0.25) is 5.91 Å². The first kappa shape index (κ1) is 11.3. The number of aliphatic carboxylic acids is 1. The van der Waals surface area contributed by atoms with Crippen LogP contribution in [0.1, 0.15) is 32.1 Å². The molecule has 1 saturated carbocycles. The van der Waals surface area contributed by atoms with E-state index in [1.165, 1.54) is 0 Å². The van der Waals surface area contributed by atoms with E-state index in [1.807, 2.05) is 0 Å². The first-order valence-electron chi connectivity index (χ1n) is 4.71. The Kier molecular flexibility index (Phi) is 3.75. The summed E-state index contributed by atoms with van der Waals surface area (Å²) in [5.74, 6) is -1.54. The van der Waals surface area contributed by atoms with E-state index >= 15 is 0 Å². The fourth-order valence-corrected chi connectivity index (χ4v) is 1.91. The van der Waals surface area contributed by atoms with E-state index in [9.17, 15) is 9.59 Å². The molecule has 1 rings (SSSR count). The highest BCUT2D eigenvalue weighted by molar-refractivity contribution is 6.27. The maximum Gasteiger partial charge on any atom is 0.329 e. The average molecular weight is 220 g/mol. The van der Waals surface area contributed by atoms with Crippen LogP contribution in [0.5, 0.6) is 0 Å². The Balaban J connectivity index is 2.70. The topological polar surface area (TPSA) is 66.4 Å². The molecule has 0 aromatic rings. The molecule has 0 heterocycles. The summed E-state index contributed by atoms with van der Waals surface area (Å²) in [6.07, 6.45) is 3.73. The maximum atomic E-state index is 11.1. The lowest BCUT2D eigenvalue weighted by Gasteiger charge is -2.33. The highest BCUT2D eigenvalue weighted by atomic mass is 35.5. The summed E-state index contributed by atoms with van der Waals surface area (Å²) < 4.78 is 0. The van der Waals surface area contributed by atoms with Gasteiger partial charge >= 0.3 is 5.97 Å². The highest BCUT2D eigenvalue weighted by Crippen LogP contribution is 2.28. The van der Waals surface area contributed by atoms with Crippen LogP contribution in [0.15, 0.2) is 0 Å². The Bertz CT molecular complexity index is 236. The van der Waals surface area contributed by atoms with Crippen molar-refractivity contribution in [1.82, 2.24) is 5.32 Å². The minimum absolute atomic E-state index is 0.185. The zero-order valence-corrected chi connectivity index (χ0v) is 8.64. The van der Waals surface area contributed by atoms with Gasteiger partial charge in [0.05, 0.1) is 0 Å². The summed E-state index contributed by atoms with van der Waals surface area (Å²) >= 11 is 5.33. The lowest BCUT2D eigenvalue weighted by Crippen LogP contribution is -2.55. The van der Waals surface area contributed by atoms with E-state index in [1.54, 1.807) is 0 Å². The number of amides is 1. The third-order valence-electron chi connectivity index (χ3n) is 2.62. The Hall–Kier alpha value is -0.770. The quantitative estimate of drug-likeness (QED) is 0.700. The fourth-order valence-electron chi connectivity index (χ4n) is 1.85. The predicted molar refractivity (Wildman–Crippen MR) is 52.3 cm³/mol. The van der Waals surface area contributed by atoms with Gasteiger partial charge in [-0.25, -0.2) is 4.79 Å². The first-order valence-corrected chi connectivity index (χ1v) is 5.24. The van der Waals surface area contributed by atoms with E-state index in [0.717, 1.165) is 19.3 Å².